The summed E-state index contributed by atoms with van der Waals surface area (Å²) in [7, 11) is 0. The van der Waals surface area contributed by atoms with Crippen LogP contribution >= 0.6 is 11.3 Å². The number of thiophene rings is 1. The van der Waals surface area contributed by atoms with Crippen molar-refractivity contribution in [3.63, 3.8) is 0 Å². The lowest BCUT2D eigenvalue weighted by molar-refractivity contribution is 0.505. The highest BCUT2D eigenvalue weighted by Crippen LogP contribution is 2.25. The van der Waals surface area contributed by atoms with E-state index in [0.717, 1.165) is 25.8 Å². The van der Waals surface area contributed by atoms with Crippen LogP contribution < -0.4 is 5.32 Å². The maximum absolute atomic E-state index is 5.32. The number of nitrogens with one attached hydrogen (secondary N) is 1. The summed E-state index contributed by atoms with van der Waals surface area (Å²) in [5.74, 6) is 2.72. The molecule has 1 rings (SSSR count). The summed E-state index contributed by atoms with van der Waals surface area (Å²) in [6, 6.07) is 0.437. The van der Waals surface area contributed by atoms with Gasteiger partial charge in [-0.1, -0.05) is 6.92 Å². The van der Waals surface area contributed by atoms with Crippen LogP contribution in [0.3, 0.4) is 0 Å². The Labute approximate surface area is 96.9 Å². The summed E-state index contributed by atoms with van der Waals surface area (Å²) in [4.78, 5) is 0. The molecule has 1 N–H and O–H groups in total. The van der Waals surface area contributed by atoms with E-state index in [1.54, 1.807) is 11.3 Å². The molecule has 0 radical (unpaired) electrons. The van der Waals surface area contributed by atoms with Crippen LogP contribution in [0.1, 0.15) is 43.4 Å². The Morgan fingerprint density at radius 2 is 2.33 bits per heavy atom. The van der Waals surface area contributed by atoms with Crippen LogP contribution in [0.15, 0.2) is 10.8 Å². The van der Waals surface area contributed by atoms with Gasteiger partial charge in [-0.2, -0.15) is 11.3 Å². The monoisotopic (exact) mass is 221 g/mol. The van der Waals surface area contributed by atoms with E-state index in [9.17, 15) is 0 Å². The van der Waals surface area contributed by atoms with Gasteiger partial charge in [-0.15, -0.1) is 12.3 Å². The zero-order valence-electron chi connectivity index (χ0n) is 9.55. The summed E-state index contributed by atoms with van der Waals surface area (Å²) in [6.07, 6.45) is 8.36. The minimum Gasteiger partial charge on any atom is -0.310 e. The molecule has 0 bridgehead atoms. The van der Waals surface area contributed by atoms with Crippen LogP contribution in [0.2, 0.25) is 0 Å². The van der Waals surface area contributed by atoms with Crippen LogP contribution in [-0.4, -0.2) is 6.54 Å². The predicted molar refractivity (Wildman–Crippen MR) is 68.2 cm³/mol. The van der Waals surface area contributed by atoms with Gasteiger partial charge in [0.1, 0.15) is 0 Å². The van der Waals surface area contributed by atoms with Gasteiger partial charge in [-0.05, 0) is 48.2 Å². The van der Waals surface area contributed by atoms with Gasteiger partial charge in [0.15, 0.2) is 0 Å². The maximum Gasteiger partial charge on any atom is 0.0340 e. The molecular weight excluding hydrogens is 202 g/mol. The van der Waals surface area contributed by atoms with Crippen molar-refractivity contribution in [3.05, 3.63) is 21.9 Å². The topological polar surface area (TPSA) is 12.0 Å². The molecule has 0 spiro atoms. The van der Waals surface area contributed by atoms with E-state index in [2.05, 4.69) is 35.8 Å². The third-order valence-electron chi connectivity index (χ3n) is 2.49. The number of hydrogen-bond acceptors (Lipinski definition) is 2. The van der Waals surface area contributed by atoms with Crippen molar-refractivity contribution < 1.29 is 0 Å². The van der Waals surface area contributed by atoms with Crippen molar-refractivity contribution in [2.75, 3.05) is 6.54 Å². The molecule has 15 heavy (non-hydrogen) atoms. The van der Waals surface area contributed by atoms with Crippen LogP contribution in [0.25, 0.3) is 0 Å². The third kappa shape index (κ3) is 3.70. The van der Waals surface area contributed by atoms with Gasteiger partial charge in [-0.25, -0.2) is 0 Å². The molecule has 0 fully saturated rings. The Morgan fingerprint density at radius 1 is 1.53 bits per heavy atom. The molecule has 0 saturated heterocycles. The fraction of sp³-hybridized carbons (Fsp3) is 0.538. The molecule has 1 heterocycles. The highest BCUT2D eigenvalue weighted by molar-refractivity contribution is 7.08. The zero-order chi connectivity index (χ0) is 11.1. The number of terminal acetylenes is 1. The molecule has 1 aromatic heterocycles. The molecule has 1 unspecified atom stereocenters. The molecule has 82 valence electrons. The minimum absolute atomic E-state index is 0.437. The molecule has 1 aromatic rings. The zero-order valence-corrected chi connectivity index (χ0v) is 10.4. The number of hydrogen-bond donors (Lipinski definition) is 1. The average Bonchev–Trinajstić information content (AvgIpc) is 2.65. The Bertz CT molecular complexity index is 322. The van der Waals surface area contributed by atoms with Gasteiger partial charge in [0.2, 0.25) is 0 Å². The van der Waals surface area contributed by atoms with Crippen LogP contribution in [-0.2, 0) is 0 Å². The fourth-order valence-electron chi connectivity index (χ4n) is 1.64. The Balaban J connectivity index is 2.63. The molecule has 0 amide bonds. The van der Waals surface area contributed by atoms with E-state index >= 15 is 0 Å². The maximum atomic E-state index is 5.32. The van der Waals surface area contributed by atoms with Crippen LogP contribution in [0.4, 0.5) is 0 Å². The smallest absolute Gasteiger partial charge is 0.0340 e. The fourth-order valence-corrected chi connectivity index (χ4v) is 2.55. The van der Waals surface area contributed by atoms with Crippen molar-refractivity contribution >= 4 is 11.3 Å². The molecule has 1 nitrogen and oxygen atoms in total. The molecule has 0 aliphatic rings. The van der Waals surface area contributed by atoms with Crippen molar-refractivity contribution in [2.45, 2.75) is 39.2 Å². The second kappa shape index (κ2) is 6.66. The first-order chi connectivity index (χ1) is 7.29. The van der Waals surface area contributed by atoms with Crippen molar-refractivity contribution in [2.24, 2.45) is 0 Å². The number of rotatable bonds is 6. The summed E-state index contributed by atoms with van der Waals surface area (Å²) >= 11 is 1.77. The Morgan fingerprint density at radius 3 is 2.87 bits per heavy atom. The van der Waals surface area contributed by atoms with Crippen molar-refractivity contribution in [1.29, 1.82) is 0 Å². The summed E-state index contributed by atoms with van der Waals surface area (Å²) in [5, 5.41) is 7.99. The largest absolute Gasteiger partial charge is 0.310 e. The molecule has 0 saturated carbocycles. The lowest BCUT2D eigenvalue weighted by atomic mass is 10.0. The predicted octanol–water partition coefficient (Wildman–Crippen LogP) is 3.51. The Kier molecular flexibility index (Phi) is 5.45. The van der Waals surface area contributed by atoms with E-state index < -0.39 is 0 Å². The van der Waals surface area contributed by atoms with E-state index in [-0.39, 0.29) is 0 Å². The average molecular weight is 221 g/mol. The van der Waals surface area contributed by atoms with E-state index in [1.807, 2.05) is 0 Å². The Hall–Kier alpha value is -0.780. The highest BCUT2D eigenvalue weighted by atomic mass is 32.1. The molecular formula is C13H19NS. The van der Waals surface area contributed by atoms with Gasteiger partial charge in [0, 0.05) is 12.5 Å². The summed E-state index contributed by atoms with van der Waals surface area (Å²) < 4.78 is 0. The van der Waals surface area contributed by atoms with Crippen molar-refractivity contribution in [1.82, 2.24) is 5.32 Å². The quantitative estimate of drug-likeness (QED) is 0.725. The summed E-state index contributed by atoms with van der Waals surface area (Å²) in [5.41, 5.74) is 2.80. The van der Waals surface area contributed by atoms with Gasteiger partial charge in [0.05, 0.1) is 0 Å². The molecule has 0 aromatic carbocycles. The lowest BCUT2D eigenvalue weighted by Crippen LogP contribution is -2.22. The summed E-state index contributed by atoms with van der Waals surface area (Å²) in [6.45, 7) is 5.42. The molecule has 0 aliphatic heterocycles. The number of aryl methyl sites for hydroxylation is 1. The minimum atomic E-state index is 0.437. The molecule has 1 atom stereocenters. The molecule has 2 heteroatoms. The van der Waals surface area contributed by atoms with Gasteiger partial charge in [0.25, 0.3) is 0 Å². The second-order valence-corrected chi connectivity index (χ2v) is 4.50. The SMILES string of the molecule is C#CCCC(NCCC)c1cscc1C. The normalized spacial score (nSPS) is 12.3. The lowest BCUT2D eigenvalue weighted by Gasteiger charge is -2.17. The van der Waals surface area contributed by atoms with Gasteiger partial charge in [-0.3, -0.25) is 0 Å². The third-order valence-corrected chi connectivity index (χ3v) is 3.37. The first-order valence-corrected chi connectivity index (χ1v) is 6.43. The van der Waals surface area contributed by atoms with E-state index in [4.69, 9.17) is 6.42 Å². The first kappa shape index (κ1) is 12.3. The molecule has 0 aliphatic carbocycles. The first-order valence-electron chi connectivity index (χ1n) is 5.49. The van der Waals surface area contributed by atoms with Gasteiger partial charge < -0.3 is 5.32 Å². The van der Waals surface area contributed by atoms with Gasteiger partial charge >= 0.3 is 0 Å². The highest BCUT2D eigenvalue weighted by Gasteiger charge is 2.12. The van der Waals surface area contributed by atoms with E-state index in [0.29, 0.717) is 6.04 Å². The van der Waals surface area contributed by atoms with Crippen molar-refractivity contribution in [3.8, 4) is 12.3 Å². The second-order valence-electron chi connectivity index (χ2n) is 3.76. The van der Waals surface area contributed by atoms with Crippen LogP contribution in [0, 0.1) is 19.3 Å². The van der Waals surface area contributed by atoms with Crippen LogP contribution in [0.5, 0.6) is 0 Å². The van der Waals surface area contributed by atoms with E-state index in [1.165, 1.54) is 11.1 Å². The standard InChI is InChI=1S/C13H19NS/c1-4-6-7-13(14-8-5-2)12-10-15-9-11(12)3/h1,9-10,13-14H,5-8H2,2-3H3.